The number of hydrogen-bond donors (Lipinski definition) is 0. The molecule has 114 valence electrons. The number of rotatable bonds is 4. The third kappa shape index (κ3) is 3.35. The molecule has 22 heavy (non-hydrogen) atoms. The second-order valence-electron chi connectivity index (χ2n) is 5.41. The monoisotopic (exact) mass is 365 g/mol. The van der Waals surface area contributed by atoms with Crippen LogP contribution in [0, 0.1) is 11.6 Å². The molecular weight excluding hydrogens is 352 g/mol. The third-order valence-electron chi connectivity index (χ3n) is 3.70. The highest BCUT2D eigenvalue weighted by molar-refractivity contribution is 9.10. The van der Waals surface area contributed by atoms with Crippen LogP contribution in [0.5, 0.6) is 0 Å². The van der Waals surface area contributed by atoms with E-state index < -0.39 is 11.6 Å². The van der Waals surface area contributed by atoms with Gasteiger partial charge in [0.2, 0.25) is 0 Å². The average Bonchev–Trinajstić information content (AvgIpc) is 3.31. The summed E-state index contributed by atoms with van der Waals surface area (Å²) in [4.78, 5) is 14.3. The molecule has 1 saturated carbocycles. The summed E-state index contributed by atoms with van der Waals surface area (Å²) < 4.78 is 27.7. The Bertz CT molecular complexity index is 698. The SMILES string of the molecule is O=C(c1ccc(Br)cc1)N(Cc1ccc(F)cc1F)C1CC1. The summed E-state index contributed by atoms with van der Waals surface area (Å²) in [6.07, 6.45) is 1.84. The van der Waals surface area contributed by atoms with Crippen molar-refractivity contribution in [3.8, 4) is 0 Å². The van der Waals surface area contributed by atoms with Gasteiger partial charge in [0.05, 0.1) is 0 Å². The Balaban J connectivity index is 1.83. The summed E-state index contributed by atoms with van der Waals surface area (Å²) in [6.45, 7) is 0.158. The van der Waals surface area contributed by atoms with Gasteiger partial charge in [0.25, 0.3) is 5.91 Å². The van der Waals surface area contributed by atoms with Gasteiger partial charge in [0, 0.05) is 34.3 Å². The molecule has 2 aromatic carbocycles. The minimum atomic E-state index is -0.616. The maximum absolute atomic E-state index is 13.8. The van der Waals surface area contributed by atoms with E-state index in [1.807, 2.05) is 0 Å². The fraction of sp³-hybridized carbons (Fsp3) is 0.235. The lowest BCUT2D eigenvalue weighted by Gasteiger charge is -2.23. The molecule has 0 saturated heterocycles. The van der Waals surface area contributed by atoms with Crippen molar-refractivity contribution in [2.45, 2.75) is 25.4 Å². The molecular formula is C17H14BrF2NO. The summed E-state index contributed by atoms with van der Waals surface area (Å²) in [5.74, 6) is -1.36. The number of amides is 1. The Hall–Kier alpha value is -1.75. The molecule has 1 amide bonds. The summed E-state index contributed by atoms with van der Waals surface area (Å²) in [6, 6.07) is 10.7. The van der Waals surface area contributed by atoms with Crippen molar-refractivity contribution in [2.24, 2.45) is 0 Å². The largest absolute Gasteiger partial charge is 0.331 e. The predicted octanol–water partition coefficient (Wildman–Crippen LogP) is 4.53. The number of hydrogen-bond acceptors (Lipinski definition) is 1. The van der Waals surface area contributed by atoms with Crippen LogP contribution in [0.25, 0.3) is 0 Å². The Morgan fingerprint density at radius 3 is 2.41 bits per heavy atom. The van der Waals surface area contributed by atoms with Gasteiger partial charge in [-0.3, -0.25) is 4.79 Å². The van der Waals surface area contributed by atoms with E-state index >= 15 is 0 Å². The molecule has 0 bridgehead atoms. The molecule has 2 aromatic rings. The lowest BCUT2D eigenvalue weighted by atomic mass is 10.1. The topological polar surface area (TPSA) is 20.3 Å². The lowest BCUT2D eigenvalue weighted by Crippen LogP contribution is -2.32. The molecule has 2 nitrogen and oxygen atoms in total. The highest BCUT2D eigenvalue weighted by atomic mass is 79.9. The van der Waals surface area contributed by atoms with Gasteiger partial charge >= 0.3 is 0 Å². The normalized spacial score (nSPS) is 14.0. The Labute approximate surface area is 135 Å². The highest BCUT2D eigenvalue weighted by Crippen LogP contribution is 2.30. The van der Waals surface area contributed by atoms with E-state index in [1.165, 1.54) is 12.1 Å². The first-order valence-electron chi connectivity index (χ1n) is 7.05. The third-order valence-corrected chi connectivity index (χ3v) is 4.22. The number of nitrogens with zero attached hydrogens (tertiary/aromatic N) is 1. The zero-order valence-electron chi connectivity index (χ0n) is 11.7. The number of benzene rings is 2. The van der Waals surface area contributed by atoms with Crippen molar-refractivity contribution in [3.63, 3.8) is 0 Å². The summed E-state index contributed by atoms with van der Waals surface area (Å²) in [7, 11) is 0. The molecule has 1 aliphatic rings. The van der Waals surface area contributed by atoms with E-state index in [4.69, 9.17) is 0 Å². The van der Waals surface area contributed by atoms with Crippen molar-refractivity contribution >= 4 is 21.8 Å². The molecule has 1 aliphatic carbocycles. The van der Waals surface area contributed by atoms with Gasteiger partial charge in [-0.1, -0.05) is 22.0 Å². The molecule has 3 rings (SSSR count). The van der Waals surface area contributed by atoms with Crippen LogP contribution in [0.4, 0.5) is 8.78 Å². The van der Waals surface area contributed by atoms with Crippen LogP contribution in [-0.2, 0) is 6.54 Å². The Kier molecular flexibility index (Phi) is 4.25. The van der Waals surface area contributed by atoms with E-state index in [-0.39, 0.29) is 18.5 Å². The number of carbonyl (C=O) groups excluding carboxylic acids is 1. The fourth-order valence-electron chi connectivity index (χ4n) is 2.34. The Morgan fingerprint density at radius 1 is 1.14 bits per heavy atom. The van der Waals surface area contributed by atoms with E-state index in [0.29, 0.717) is 11.1 Å². The van der Waals surface area contributed by atoms with Crippen molar-refractivity contribution in [3.05, 3.63) is 69.7 Å². The van der Waals surface area contributed by atoms with Crippen LogP contribution >= 0.6 is 15.9 Å². The van der Waals surface area contributed by atoms with Crippen molar-refractivity contribution in [1.82, 2.24) is 4.90 Å². The second-order valence-corrected chi connectivity index (χ2v) is 6.32. The minimum absolute atomic E-state index is 0.126. The van der Waals surface area contributed by atoms with Crippen molar-refractivity contribution in [1.29, 1.82) is 0 Å². The molecule has 0 aromatic heterocycles. The van der Waals surface area contributed by atoms with Gasteiger partial charge < -0.3 is 4.90 Å². The first kappa shape index (κ1) is 15.2. The first-order valence-corrected chi connectivity index (χ1v) is 7.84. The highest BCUT2D eigenvalue weighted by Gasteiger charge is 2.33. The van der Waals surface area contributed by atoms with Crippen LogP contribution in [0.3, 0.4) is 0 Å². The van der Waals surface area contributed by atoms with E-state index in [0.717, 1.165) is 23.4 Å². The average molecular weight is 366 g/mol. The van der Waals surface area contributed by atoms with Crippen LogP contribution < -0.4 is 0 Å². The van der Waals surface area contributed by atoms with Crippen LogP contribution in [0.2, 0.25) is 0 Å². The zero-order chi connectivity index (χ0) is 15.7. The number of carbonyl (C=O) groups is 1. The second kappa shape index (κ2) is 6.16. The maximum Gasteiger partial charge on any atom is 0.254 e. The summed E-state index contributed by atoms with van der Waals surface area (Å²) >= 11 is 3.33. The zero-order valence-corrected chi connectivity index (χ0v) is 13.3. The smallest absolute Gasteiger partial charge is 0.254 e. The Morgan fingerprint density at radius 2 is 1.82 bits per heavy atom. The van der Waals surface area contributed by atoms with Crippen LogP contribution in [0.15, 0.2) is 46.9 Å². The van der Waals surface area contributed by atoms with Gasteiger partial charge in [-0.2, -0.15) is 0 Å². The molecule has 1 fully saturated rings. The van der Waals surface area contributed by atoms with Gasteiger partial charge in [0.15, 0.2) is 0 Å². The van der Waals surface area contributed by atoms with Gasteiger partial charge in [-0.15, -0.1) is 0 Å². The molecule has 5 heteroatoms. The van der Waals surface area contributed by atoms with Gasteiger partial charge in [0.1, 0.15) is 11.6 Å². The van der Waals surface area contributed by atoms with Crippen LogP contribution in [0.1, 0.15) is 28.8 Å². The van der Waals surface area contributed by atoms with E-state index in [9.17, 15) is 13.6 Å². The molecule has 0 radical (unpaired) electrons. The van der Waals surface area contributed by atoms with Gasteiger partial charge in [-0.05, 0) is 43.2 Å². The molecule has 0 heterocycles. The number of halogens is 3. The van der Waals surface area contributed by atoms with Gasteiger partial charge in [-0.25, -0.2) is 8.78 Å². The molecule has 0 aliphatic heterocycles. The quantitative estimate of drug-likeness (QED) is 0.779. The molecule has 0 atom stereocenters. The minimum Gasteiger partial charge on any atom is -0.331 e. The lowest BCUT2D eigenvalue weighted by molar-refractivity contribution is 0.0728. The predicted molar refractivity (Wildman–Crippen MR) is 83.4 cm³/mol. The summed E-state index contributed by atoms with van der Waals surface area (Å²) in [5.41, 5.74) is 0.899. The molecule has 0 spiro atoms. The molecule has 0 N–H and O–H groups in total. The van der Waals surface area contributed by atoms with E-state index in [1.54, 1.807) is 29.2 Å². The fourth-order valence-corrected chi connectivity index (χ4v) is 2.61. The summed E-state index contributed by atoms with van der Waals surface area (Å²) in [5, 5.41) is 0. The van der Waals surface area contributed by atoms with E-state index in [2.05, 4.69) is 15.9 Å². The standard InChI is InChI=1S/C17H14BrF2NO/c18-13-4-1-11(2-5-13)17(22)21(15-7-8-15)10-12-3-6-14(19)9-16(12)20/h1-6,9,15H,7-8,10H2. The van der Waals surface area contributed by atoms with Crippen LogP contribution in [-0.4, -0.2) is 16.8 Å². The first-order chi connectivity index (χ1) is 10.5. The van der Waals surface area contributed by atoms with Crippen molar-refractivity contribution in [2.75, 3.05) is 0 Å². The van der Waals surface area contributed by atoms with Crippen molar-refractivity contribution < 1.29 is 13.6 Å². The molecule has 0 unspecified atom stereocenters. The maximum atomic E-state index is 13.8.